The van der Waals surface area contributed by atoms with Gasteiger partial charge in [0.05, 0.1) is 0 Å². The van der Waals surface area contributed by atoms with E-state index in [0.717, 1.165) is 21.1 Å². The topological polar surface area (TPSA) is 9.23 Å². The van der Waals surface area contributed by atoms with Gasteiger partial charge in [-0.05, 0) is 23.8 Å². The number of halogens is 2. The van der Waals surface area contributed by atoms with Crippen LogP contribution in [0, 0.1) is 0 Å². The molecular weight excluding hydrogens is 331 g/mol. The van der Waals surface area contributed by atoms with Crippen molar-refractivity contribution in [1.82, 2.24) is 0 Å². The van der Waals surface area contributed by atoms with E-state index in [1.807, 2.05) is 12.1 Å². The number of hydrogen-bond acceptors (Lipinski definition) is 1. The smallest absolute Gasteiger partial charge is 0.123 e. The quantitative estimate of drug-likeness (QED) is 0.564. The number of rotatable bonds is 1. The van der Waals surface area contributed by atoms with Crippen LogP contribution in [-0.4, -0.2) is 10.5 Å². The molecule has 1 aromatic rings. The van der Waals surface area contributed by atoms with Gasteiger partial charge in [-0.15, -0.1) is 0 Å². The summed E-state index contributed by atoms with van der Waals surface area (Å²) in [4.78, 5) is 0. The predicted molar refractivity (Wildman–Crippen MR) is 61.1 cm³/mol. The third-order valence-electron chi connectivity index (χ3n) is 1.94. The molecule has 1 heterocycles. The van der Waals surface area contributed by atoms with Gasteiger partial charge >= 0.3 is 0 Å². The van der Waals surface area contributed by atoms with Crippen molar-refractivity contribution in [3.8, 4) is 5.75 Å². The van der Waals surface area contributed by atoms with E-state index in [0.29, 0.717) is 6.10 Å². The Labute approximate surface area is 93.8 Å². The van der Waals surface area contributed by atoms with Gasteiger partial charge in [0.25, 0.3) is 0 Å². The standard InChI is InChI=1S/C9H8BrIO/c10-7-1-2-9-6(3-7)4-8(5-11)12-9/h1-3,8H,4-5H2/t8-/m0/s1. The van der Waals surface area contributed by atoms with Gasteiger partial charge in [-0.25, -0.2) is 0 Å². The minimum Gasteiger partial charge on any atom is -0.489 e. The van der Waals surface area contributed by atoms with Crippen LogP contribution in [0.3, 0.4) is 0 Å². The van der Waals surface area contributed by atoms with Crippen molar-refractivity contribution in [3.63, 3.8) is 0 Å². The van der Waals surface area contributed by atoms with E-state index >= 15 is 0 Å². The molecule has 1 aliphatic rings. The minimum absolute atomic E-state index is 0.384. The van der Waals surface area contributed by atoms with Gasteiger partial charge < -0.3 is 4.74 Å². The third kappa shape index (κ3) is 1.62. The maximum Gasteiger partial charge on any atom is 0.123 e. The van der Waals surface area contributed by atoms with E-state index in [-0.39, 0.29) is 0 Å². The molecule has 1 atom stereocenters. The largest absolute Gasteiger partial charge is 0.489 e. The van der Waals surface area contributed by atoms with Crippen LogP contribution in [0.5, 0.6) is 5.75 Å². The highest BCUT2D eigenvalue weighted by Gasteiger charge is 2.21. The summed E-state index contributed by atoms with van der Waals surface area (Å²) >= 11 is 5.81. The van der Waals surface area contributed by atoms with E-state index in [1.54, 1.807) is 0 Å². The summed E-state index contributed by atoms with van der Waals surface area (Å²) in [6, 6.07) is 6.20. The van der Waals surface area contributed by atoms with E-state index in [1.165, 1.54) is 5.56 Å². The SMILES string of the molecule is Brc1ccc2c(c1)C[C@@H](CI)O2. The van der Waals surface area contributed by atoms with Gasteiger partial charge in [0.15, 0.2) is 0 Å². The molecule has 12 heavy (non-hydrogen) atoms. The summed E-state index contributed by atoms with van der Waals surface area (Å²) in [5.41, 5.74) is 1.33. The minimum atomic E-state index is 0.384. The number of benzene rings is 1. The van der Waals surface area contributed by atoms with Crippen molar-refractivity contribution in [2.75, 3.05) is 4.43 Å². The van der Waals surface area contributed by atoms with Crippen LogP contribution in [0.2, 0.25) is 0 Å². The molecule has 0 saturated heterocycles. The fourth-order valence-corrected chi connectivity index (χ4v) is 2.27. The predicted octanol–water partition coefficient (Wildman–Crippen LogP) is 3.19. The molecule has 0 spiro atoms. The molecule has 0 N–H and O–H groups in total. The third-order valence-corrected chi connectivity index (χ3v) is 3.41. The average Bonchev–Trinajstić information content (AvgIpc) is 2.46. The Morgan fingerprint density at radius 3 is 3.17 bits per heavy atom. The zero-order valence-electron chi connectivity index (χ0n) is 6.39. The van der Waals surface area contributed by atoms with Gasteiger partial charge in [-0.1, -0.05) is 38.5 Å². The van der Waals surface area contributed by atoms with Gasteiger partial charge in [-0.3, -0.25) is 0 Å². The average molecular weight is 339 g/mol. The highest BCUT2D eigenvalue weighted by atomic mass is 127. The fourth-order valence-electron chi connectivity index (χ4n) is 1.38. The van der Waals surface area contributed by atoms with E-state index in [4.69, 9.17) is 4.74 Å². The molecule has 0 fully saturated rings. The Kier molecular flexibility index (Phi) is 2.60. The Balaban J connectivity index is 2.30. The highest BCUT2D eigenvalue weighted by Crippen LogP contribution is 2.31. The maximum atomic E-state index is 5.68. The first-order valence-electron chi connectivity index (χ1n) is 3.80. The Morgan fingerprint density at radius 2 is 2.42 bits per heavy atom. The van der Waals surface area contributed by atoms with Crippen LogP contribution >= 0.6 is 38.5 Å². The van der Waals surface area contributed by atoms with Crippen LogP contribution in [-0.2, 0) is 6.42 Å². The van der Waals surface area contributed by atoms with Crippen molar-refractivity contribution >= 4 is 38.5 Å². The second kappa shape index (κ2) is 3.54. The summed E-state index contributed by atoms with van der Waals surface area (Å²) in [5, 5.41) is 0. The molecule has 0 saturated carbocycles. The number of alkyl halides is 1. The van der Waals surface area contributed by atoms with E-state index in [2.05, 4.69) is 44.6 Å². The number of ether oxygens (including phenoxy) is 1. The summed E-state index contributed by atoms with van der Waals surface area (Å²) < 4.78 is 7.88. The van der Waals surface area contributed by atoms with Crippen molar-refractivity contribution in [3.05, 3.63) is 28.2 Å². The molecule has 1 nitrogen and oxygen atoms in total. The van der Waals surface area contributed by atoms with Crippen molar-refractivity contribution in [2.24, 2.45) is 0 Å². The van der Waals surface area contributed by atoms with Gasteiger partial charge in [-0.2, -0.15) is 0 Å². The van der Waals surface area contributed by atoms with Crippen molar-refractivity contribution in [1.29, 1.82) is 0 Å². The first-order valence-corrected chi connectivity index (χ1v) is 6.12. The number of hydrogen-bond donors (Lipinski definition) is 0. The zero-order valence-corrected chi connectivity index (χ0v) is 10.1. The molecular formula is C9H8BrIO. The first kappa shape index (κ1) is 8.81. The Morgan fingerprint density at radius 1 is 1.58 bits per heavy atom. The lowest BCUT2D eigenvalue weighted by Crippen LogP contribution is -2.13. The lowest BCUT2D eigenvalue weighted by atomic mass is 10.1. The van der Waals surface area contributed by atoms with Gasteiger partial charge in [0, 0.05) is 15.3 Å². The molecule has 0 bridgehead atoms. The van der Waals surface area contributed by atoms with Gasteiger partial charge in [0.1, 0.15) is 11.9 Å². The Hall–Kier alpha value is 0.230. The molecule has 0 radical (unpaired) electrons. The van der Waals surface area contributed by atoms with Crippen LogP contribution in [0.1, 0.15) is 5.56 Å². The summed E-state index contributed by atoms with van der Waals surface area (Å²) in [6.45, 7) is 0. The molecule has 1 aliphatic heterocycles. The maximum absolute atomic E-state index is 5.68. The molecule has 0 aromatic heterocycles. The van der Waals surface area contributed by atoms with Crippen LogP contribution in [0.25, 0.3) is 0 Å². The first-order chi connectivity index (χ1) is 5.79. The number of fused-ring (bicyclic) bond motifs is 1. The molecule has 3 heteroatoms. The molecule has 0 amide bonds. The molecule has 2 rings (SSSR count). The normalized spacial score (nSPS) is 20.3. The van der Waals surface area contributed by atoms with Gasteiger partial charge in [0.2, 0.25) is 0 Å². The highest BCUT2D eigenvalue weighted by molar-refractivity contribution is 14.1. The van der Waals surface area contributed by atoms with Crippen LogP contribution < -0.4 is 4.74 Å². The summed E-state index contributed by atoms with van der Waals surface area (Å²) in [7, 11) is 0. The van der Waals surface area contributed by atoms with E-state index < -0.39 is 0 Å². The molecule has 0 aliphatic carbocycles. The lowest BCUT2D eigenvalue weighted by Gasteiger charge is -2.04. The second-order valence-electron chi connectivity index (χ2n) is 2.85. The van der Waals surface area contributed by atoms with E-state index in [9.17, 15) is 0 Å². The molecule has 1 aromatic carbocycles. The molecule has 64 valence electrons. The monoisotopic (exact) mass is 338 g/mol. The summed E-state index contributed by atoms with van der Waals surface area (Å²) in [6.07, 6.45) is 1.44. The Bertz CT molecular complexity index is 301. The fraction of sp³-hybridized carbons (Fsp3) is 0.333. The summed E-state index contributed by atoms with van der Waals surface area (Å²) in [5.74, 6) is 1.06. The molecule has 0 unspecified atom stereocenters. The second-order valence-corrected chi connectivity index (χ2v) is 4.65. The van der Waals surface area contributed by atoms with Crippen molar-refractivity contribution < 1.29 is 4.74 Å². The van der Waals surface area contributed by atoms with Crippen molar-refractivity contribution in [2.45, 2.75) is 12.5 Å². The van der Waals surface area contributed by atoms with Crippen LogP contribution in [0.15, 0.2) is 22.7 Å². The van der Waals surface area contributed by atoms with Crippen LogP contribution in [0.4, 0.5) is 0 Å². The lowest BCUT2D eigenvalue weighted by molar-refractivity contribution is 0.262. The zero-order chi connectivity index (χ0) is 8.55.